The Morgan fingerprint density at radius 1 is 1.50 bits per heavy atom. The van der Waals surface area contributed by atoms with E-state index >= 15 is 0 Å². The number of carbonyl (C=O) groups excluding carboxylic acids is 1. The lowest BCUT2D eigenvalue weighted by atomic mass is 9.86. The molecule has 6 heteroatoms. The molecule has 1 aliphatic rings. The number of hydrogen-bond acceptors (Lipinski definition) is 3. The van der Waals surface area contributed by atoms with E-state index in [9.17, 15) is 9.59 Å². The van der Waals surface area contributed by atoms with Gasteiger partial charge in [0.15, 0.2) is 0 Å². The van der Waals surface area contributed by atoms with E-state index in [0.717, 1.165) is 0 Å². The van der Waals surface area contributed by atoms with Crippen LogP contribution in [0.15, 0.2) is 18.7 Å². The zero-order chi connectivity index (χ0) is 11.8. The maximum absolute atomic E-state index is 11.1. The Labute approximate surface area is 92.5 Å². The van der Waals surface area contributed by atoms with Gasteiger partial charge in [0.05, 0.1) is 18.3 Å². The lowest BCUT2D eigenvalue weighted by molar-refractivity contribution is -0.150. The minimum Gasteiger partial charge on any atom is -0.481 e. The molecule has 0 spiro atoms. The zero-order valence-corrected chi connectivity index (χ0v) is 8.96. The number of likely N-dealkylation sites (tertiary alicyclic amines) is 1. The second-order valence-corrected chi connectivity index (χ2v) is 4.14. The third-order valence-electron chi connectivity index (χ3n) is 2.95. The molecule has 6 nitrogen and oxygen atoms in total. The fourth-order valence-corrected chi connectivity index (χ4v) is 2.07. The van der Waals surface area contributed by atoms with E-state index in [0.29, 0.717) is 13.1 Å². The van der Waals surface area contributed by atoms with Crippen molar-refractivity contribution in [2.75, 3.05) is 13.1 Å². The van der Waals surface area contributed by atoms with Crippen molar-refractivity contribution in [2.24, 2.45) is 0 Å². The summed E-state index contributed by atoms with van der Waals surface area (Å²) in [6, 6.07) is 0. The highest BCUT2D eigenvalue weighted by molar-refractivity contribution is 5.75. The van der Waals surface area contributed by atoms with E-state index in [4.69, 9.17) is 5.11 Å². The molecule has 1 aliphatic heterocycles. The van der Waals surface area contributed by atoms with Crippen molar-refractivity contribution < 1.29 is 14.7 Å². The number of imidazole rings is 1. The Morgan fingerprint density at radius 3 is 2.62 bits per heavy atom. The second-order valence-electron chi connectivity index (χ2n) is 4.14. The number of rotatable bonds is 3. The molecule has 1 fully saturated rings. The Morgan fingerprint density at radius 2 is 2.19 bits per heavy atom. The maximum atomic E-state index is 11.1. The fourth-order valence-electron chi connectivity index (χ4n) is 2.07. The predicted octanol–water partition coefficient (Wildman–Crippen LogP) is -0.0848. The summed E-state index contributed by atoms with van der Waals surface area (Å²) in [4.78, 5) is 27.5. The van der Waals surface area contributed by atoms with Gasteiger partial charge in [0, 0.05) is 32.4 Å². The first kappa shape index (κ1) is 10.7. The van der Waals surface area contributed by atoms with E-state index in [2.05, 4.69) is 4.98 Å². The molecule has 0 aromatic carbocycles. The first-order valence-corrected chi connectivity index (χ1v) is 4.99. The van der Waals surface area contributed by atoms with Crippen LogP contribution in [0.25, 0.3) is 0 Å². The van der Waals surface area contributed by atoms with Crippen molar-refractivity contribution >= 4 is 11.9 Å². The van der Waals surface area contributed by atoms with Crippen LogP contribution >= 0.6 is 0 Å². The van der Waals surface area contributed by atoms with Crippen LogP contribution in [0.4, 0.5) is 0 Å². The van der Waals surface area contributed by atoms with Gasteiger partial charge < -0.3 is 14.6 Å². The summed E-state index contributed by atoms with van der Waals surface area (Å²) >= 11 is 0. The number of aliphatic carboxylic acids is 1. The molecular weight excluding hydrogens is 210 g/mol. The maximum Gasteiger partial charge on any atom is 0.305 e. The molecular formula is C10H13N3O3. The van der Waals surface area contributed by atoms with Gasteiger partial charge in [-0.2, -0.15) is 0 Å². The van der Waals surface area contributed by atoms with Gasteiger partial charge in [0.2, 0.25) is 5.91 Å². The molecule has 2 rings (SSSR count). The SMILES string of the molecule is CC(=O)N1CC(CC(=O)O)(n2ccnc2)C1. The largest absolute Gasteiger partial charge is 0.481 e. The highest BCUT2D eigenvalue weighted by Crippen LogP contribution is 2.32. The monoisotopic (exact) mass is 223 g/mol. The highest BCUT2D eigenvalue weighted by atomic mass is 16.4. The smallest absolute Gasteiger partial charge is 0.305 e. The van der Waals surface area contributed by atoms with Crippen LogP contribution in [0.3, 0.4) is 0 Å². The molecule has 16 heavy (non-hydrogen) atoms. The molecule has 0 radical (unpaired) electrons. The normalized spacial score (nSPS) is 17.9. The molecule has 0 aliphatic carbocycles. The van der Waals surface area contributed by atoms with Crippen LogP contribution in [-0.4, -0.2) is 44.5 Å². The third-order valence-corrected chi connectivity index (χ3v) is 2.95. The minimum absolute atomic E-state index is 0.00708. The quantitative estimate of drug-likeness (QED) is 0.777. The average molecular weight is 223 g/mol. The molecule has 1 amide bonds. The summed E-state index contributed by atoms with van der Waals surface area (Å²) in [5, 5.41) is 8.90. The van der Waals surface area contributed by atoms with E-state index in [1.165, 1.54) is 6.92 Å². The summed E-state index contributed by atoms with van der Waals surface area (Å²) in [5.74, 6) is -0.891. The van der Waals surface area contributed by atoms with Crippen molar-refractivity contribution in [2.45, 2.75) is 18.9 Å². The fraction of sp³-hybridized carbons (Fsp3) is 0.500. The third kappa shape index (κ3) is 1.66. The Bertz CT molecular complexity index is 407. The van der Waals surface area contributed by atoms with E-state index in [1.54, 1.807) is 28.2 Å². The van der Waals surface area contributed by atoms with Crippen LogP contribution in [0.1, 0.15) is 13.3 Å². The first-order valence-electron chi connectivity index (χ1n) is 4.99. The van der Waals surface area contributed by atoms with Crippen molar-refractivity contribution in [1.82, 2.24) is 14.5 Å². The molecule has 0 saturated carbocycles. The molecule has 86 valence electrons. The number of hydrogen-bond donors (Lipinski definition) is 1. The number of carboxylic acids is 1. The van der Waals surface area contributed by atoms with Crippen LogP contribution in [0, 0.1) is 0 Å². The van der Waals surface area contributed by atoms with Crippen molar-refractivity contribution in [3.05, 3.63) is 18.7 Å². The van der Waals surface area contributed by atoms with Gasteiger partial charge in [-0.3, -0.25) is 9.59 Å². The van der Waals surface area contributed by atoms with Gasteiger partial charge in [-0.05, 0) is 0 Å². The highest BCUT2D eigenvalue weighted by Gasteiger charge is 2.47. The molecule has 0 unspecified atom stereocenters. The topological polar surface area (TPSA) is 75.4 Å². The predicted molar refractivity (Wildman–Crippen MR) is 54.7 cm³/mol. The molecule has 2 heterocycles. The van der Waals surface area contributed by atoms with Crippen LogP contribution < -0.4 is 0 Å². The van der Waals surface area contributed by atoms with E-state index < -0.39 is 11.5 Å². The van der Waals surface area contributed by atoms with Gasteiger partial charge in [0.25, 0.3) is 0 Å². The van der Waals surface area contributed by atoms with Gasteiger partial charge in [0.1, 0.15) is 0 Å². The molecule has 1 aromatic rings. The second kappa shape index (κ2) is 3.62. The summed E-state index contributed by atoms with van der Waals surface area (Å²) in [5.41, 5.74) is -0.520. The molecule has 1 saturated heterocycles. The standard InChI is InChI=1S/C10H13N3O3/c1-8(14)12-5-10(6-12,4-9(15)16)13-3-2-11-7-13/h2-3,7H,4-6H2,1H3,(H,15,16). The van der Waals surface area contributed by atoms with Gasteiger partial charge in [-0.15, -0.1) is 0 Å². The van der Waals surface area contributed by atoms with Crippen molar-refractivity contribution in [3.8, 4) is 0 Å². The first-order chi connectivity index (χ1) is 7.53. The van der Waals surface area contributed by atoms with Crippen LogP contribution in [0.2, 0.25) is 0 Å². The number of aromatic nitrogens is 2. The Balaban J connectivity index is 2.18. The number of nitrogens with zero attached hydrogens (tertiary/aromatic N) is 3. The molecule has 0 atom stereocenters. The van der Waals surface area contributed by atoms with Crippen LogP contribution in [0.5, 0.6) is 0 Å². The minimum atomic E-state index is -0.864. The van der Waals surface area contributed by atoms with Crippen molar-refractivity contribution in [1.29, 1.82) is 0 Å². The lowest BCUT2D eigenvalue weighted by Crippen LogP contribution is -2.64. The lowest BCUT2D eigenvalue weighted by Gasteiger charge is -2.49. The van der Waals surface area contributed by atoms with Crippen molar-refractivity contribution in [3.63, 3.8) is 0 Å². The number of amides is 1. The van der Waals surface area contributed by atoms with Gasteiger partial charge in [-0.25, -0.2) is 4.98 Å². The summed E-state index contributed by atoms with van der Waals surface area (Å²) in [6.07, 6.45) is 4.95. The van der Waals surface area contributed by atoms with E-state index in [1.807, 2.05) is 0 Å². The van der Waals surface area contributed by atoms with Gasteiger partial charge in [-0.1, -0.05) is 0 Å². The summed E-state index contributed by atoms with van der Waals surface area (Å²) in [7, 11) is 0. The Kier molecular flexibility index (Phi) is 2.41. The van der Waals surface area contributed by atoms with Gasteiger partial charge >= 0.3 is 5.97 Å². The Hall–Kier alpha value is -1.85. The number of carboxylic acid groups (broad SMARTS) is 1. The zero-order valence-electron chi connectivity index (χ0n) is 8.96. The van der Waals surface area contributed by atoms with E-state index in [-0.39, 0.29) is 12.3 Å². The molecule has 1 aromatic heterocycles. The van der Waals surface area contributed by atoms with Crippen LogP contribution in [-0.2, 0) is 15.1 Å². The molecule has 0 bridgehead atoms. The molecule has 1 N–H and O–H groups in total. The summed E-state index contributed by atoms with van der Waals surface area (Å²) < 4.78 is 1.78. The average Bonchev–Trinajstić information content (AvgIpc) is 2.62. The summed E-state index contributed by atoms with van der Waals surface area (Å²) in [6.45, 7) is 2.36. The number of carbonyl (C=O) groups is 2.